The lowest BCUT2D eigenvalue weighted by Gasteiger charge is -2.28. The fourth-order valence-corrected chi connectivity index (χ4v) is 5.82. The highest BCUT2D eigenvalue weighted by Crippen LogP contribution is 2.21. The first-order valence-electron chi connectivity index (χ1n) is 8.48. The minimum absolute atomic E-state index is 0.141. The molecular weight excluding hydrogens is 320 g/mol. The van der Waals surface area contributed by atoms with Crippen molar-refractivity contribution in [1.82, 2.24) is 0 Å². The average molecular weight is 355 g/mol. The van der Waals surface area contributed by atoms with Gasteiger partial charge in [-0.05, 0) is 33.6 Å². The lowest BCUT2D eigenvalue weighted by Crippen LogP contribution is -2.45. The molecule has 0 aromatic rings. The predicted octanol–water partition coefficient (Wildman–Crippen LogP) is 2.29. The van der Waals surface area contributed by atoms with Crippen LogP contribution in [0.3, 0.4) is 0 Å². The number of unbranched alkanes of at least 4 members (excludes halogenated alkanes) is 5. The Bertz CT molecular complexity index is 243. The van der Waals surface area contributed by atoms with E-state index in [4.69, 9.17) is 27.7 Å². The van der Waals surface area contributed by atoms with Gasteiger partial charge in [-0.25, -0.2) is 0 Å². The SMILES string of the molecule is CCO[Si](CCCCCCCC[Si](O)(O)O)(OCC)OCC. The lowest BCUT2D eigenvalue weighted by atomic mass is 10.1. The Morgan fingerprint density at radius 1 is 0.591 bits per heavy atom. The van der Waals surface area contributed by atoms with Crippen molar-refractivity contribution in [1.29, 1.82) is 0 Å². The molecule has 8 heteroatoms. The maximum absolute atomic E-state index is 8.91. The molecule has 0 atom stereocenters. The second-order valence-corrected chi connectivity index (χ2v) is 10.2. The first-order chi connectivity index (χ1) is 10.4. The van der Waals surface area contributed by atoms with Crippen LogP contribution in [0.1, 0.15) is 59.3 Å². The maximum atomic E-state index is 8.91. The van der Waals surface area contributed by atoms with Gasteiger partial charge in [0.05, 0.1) is 0 Å². The molecule has 0 aromatic carbocycles. The first-order valence-corrected chi connectivity index (χ1v) is 12.5. The minimum atomic E-state index is -3.83. The smallest absolute Gasteiger partial charge is 0.390 e. The third-order valence-electron chi connectivity index (χ3n) is 3.34. The molecule has 0 aliphatic carbocycles. The van der Waals surface area contributed by atoms with Gasteiger partial charge in [0.25, 0.3) is 0 Å². The highest BCUT2D eigenvalue weighted by atomic mass is 28.4. The summed E-state index contributed by atoms with van der Waals surface area (Å²) in [6, 6.07) is 0.991. The van der Waals surface area contributed by atoms with Gasteiger partial charge in [-0.3, -0.25) is 0 Å². The summed E-state index contributed by atoms with van der Waals surface area (Å²) in [5.41, 5.74) is 0. The molecule has 0 amide bonds. The molecule has 0 fully saturated rings. The summed E-state index contributed by atoms with van der Waals surface area (Å²) in [4.78, 5) is 26.7. The molecule has 0 spiro atoms. The molecular formula is C14H34O6Si2. The summed E-state index contributed by atoms with van der Waals surface area (Å²) >= 11 is 0. The summed E-state index contributed by atoms with van der Waals surface area (Å²) in [5.74, 6) is 0. The summed E-state index contributed by atoms with van der Waals surface area (Å²) in [7, 11) is -6.32. The summed E-state index contributed by atoms with van der Waals surface area (Å²) < 4.78 is 17.4. The molecule has 134 valence electrons. The van der Waals surface area contributed by atoms with E-state index in [2.05, 4.69) is 0 Å². The molecule has 6 nitrogen and oxygen atoms in total. The van der Waals surface area contributed by atoms with Crippen molar-refractivity contribution in [3.63, 3.8) is 0 Å². The fourth-order valence-electron chi connectivity index (χ4n) is 2.41. The zero-order chi connectivity index (χ0) is 16.9. The molecule has 0 bridgehead atoms. The van der Waals surface area contributed by atoms with Crippen molar-refractivity contribution in [3.05, 3.63) is 0 Å². The van der Waals surface area contributed by atoms with Crippen molar-refractivity contribution < 1.29 is 27.7 Å². The Kier molecular flexibility index (Phi) is 12.7. The van der Waals surface area contributed by atoms with Crippen LogP contribution in [0.5, 0.6) is 0 Å². The van der Waals surface area contributed by atoms with Gasteiger partial charge in [-0.1, -0.05) is 25.7 Å². The van der Waals surface area contributed by atoms with E-state index >= 15 is 0 Å². The third-order valence-corrected chi connectivity index (χ3v) is 7.51. The van der Waals surface area contributed by atoms with Gasteiger partial charge in [0.15, 0.2) is 0 Å². The van der Waals surface area contributed by atoms with E-state index in [0.29, 0.717) is 26.2 Å². The van der Waals surface area contributed by atoms with E-state index in [1.54, 1.807) is 0 Å². The van der Waals surface area contributed by atoms with Gasteiger partial charge in [0, 0.05) is 31.9 Å². The zero-order valence-corrected chi connectivity index (χ0v) is 16.3. The van der Waals surface area contributed by atoms with E-state index in [0.717, 1.165) is 38.1 Å². The zero-order valence-electron chi connectivity index (χ0n) is 14.3. The summed E-state index contributed by atoms with van der Waals surface area (Å²) in [6.07, 6.45) is 5.82. The average Bonchev–Trinajstić information content (AvgIpc) is 2.41. The van der Waals surface area contributed by atoms with Crippen molar-refractivity contribution in [3.8, 4) is 0 Å². The van der Waals surface area contributed by atoms with Crippen LogP contribution in [-0.2, 0) is 13.3 Å². The van der Waals surface area contributed by atoms with Crippen molar-refractivity contribution >= 4 is 17.6 Å². The topological polar surface area (TPSA) is 88.4 Å². The maximum Gasteiger partial charge on any atom is 0.500 e. The summed E-state index contributed by atoms with van der Waals surface area (Å²) in [5, 5.41) is 0. The fraction of sp³-hybridized carbons (Fsp3) is 1.00. The Hall–Kier alpha value is 0.194. The molecule has 22 heavy (non-hydrogen) atoms. The Morgan fingerprint density at radius 2 is 0.955 bits per heavy atom. The van der Waals surface area contributed by atoms with Gasteiger partial charge >= 0.3 is 17.6 Å². The van der Waals surface area contributed by atoms with Gasteiger partial charge < -0.3 is 27.7 Å². The van der Waals surface area contributed by atoms with Gasteiger partial charge in [0.1, 0.15) is 0 Å². The molecule has 0 heterocycles. The van der Waals surface area contributed by atoms with Crippen LogP contribution in [0.2, 0.25) is 12.1 Å². The van der Waals surface area contributed by atoms with Gasteiger partial charge in [-0.2, -0.15) is 0 Å². The predicted molar refractivity (Wildman–Crippen MR) is 90.4 cm³/mol. The quantitative estimate of drug-likeness (QED) is 0.309. The molecule has 0 aliphatic heterocycles. The molecule has 0 saturated heterocycles. The molecule has 0 radical (unpaired) electrons. The van der Waals surface area contributed by atoms with Gasteiger partial charge in [0.2, 0.25) is 0 Å². The highest BCUT2D eigenvalue weighted by molar-refractivity contribution is 6.60. The molecule has 0 aliphatic rings. The number of rotatable bonds is 15. The van der Waals surface area contributed by atoms with E-state index in [-0.39, 0.29) is 6.04 Å². The minimum Gasteiger partial charge on any atom is -0.390 e. The lowest BCUT2D eigenvalue weighted by molar-refractivity contribution is 0.0706. The molecule has 0 unspecified atom stereocenters. The molecule has 3 N–H and O–H groups in total. The van der Waals surface area contributed by atoms with Crippen molar-refractivity contribution in [2.45, 2.75) is 71.4 Å². The van der Waals surface area contributed by atoms with Crippen LogP contribution in [0, 0.1) is 0 Å². The van der Waals surface area contributed by atoms with Crippen molar-refractivity contribution in [2.24, 2.45) is 0 Å². The van der Waals surface area contributed by atoms with Crippen LogP contribution >= 0.6 is 0 Å². The second kappa shape index (κ2) is 12.6. The van der Waals surface area contributed by atoms with Crippen LogP contribution in [0.25, 0.3) is 0 Å². The van der Waals surface area contributed by atoms with Crippen LogP contribution < -0.4 is 0 Å². The largest absolute Gasteiger partial charge is 0.500 e. The van der Waals surface area contributed by atoms with E-state index < -0.39 is 17.6 Å². The standard InChI is InChI=1S/C14H34O6Si2/c1-4-18-22(19-5-2,20-6-3)14-12-10-8-7-9-11-13-21(15,16)17/h15-17H,4-14H2,1-3H3. The highest BCUT2D eigenvalue weighted by Gasteiger charge is 2.39. The first kappa shape index (κ1) is 22.2. The normalized spacial score (nSPS) is 12.8. The van der Waals surface area contributed by atoms with E-state index in [9.17, 15) is 0 Å². The molecule has 0 aromatic heterocycles. The molecule has 0 rings (SSSR count). The third kappa shape index (κ3) is 11.7. The molecule has 0 saturated carbocycles. The van der Waals surface area contributed by atoms with E-state index in [1.165, 1.54) is 0 Å². The number of hydrogen-bond acceptors (Lipinski definition) is 6. The van der Waals surface area contributed by atoms with Crippen LogP contribution in [0.15, 0.2) is 0 Å². The van der Waals surface area contributed by atoms with Crippen LogP contribution in [0.4, 0.5) is 0 Å². The van der Waals surface area contributed by atoms with E-state index in [1.807, 2.05) is 20.8 Å². The Labute approximate surface area is 137 Å². The number of hydrogen-bond donors (Lipinski definition) is 3. The summed E-state index contributed by atoms with van der Waals surface area (Å²) in [6.45, 7) is 7.73. The Morgan fingerprint density at radius 3 is 1.32 bits per heavy atom. The Balaban J connectivity index is 3.84. The second-order valence-electron chi connectivity index (χ2n) is 5.38. The van der Waals surface area contributed by atoms with Crippen LogP contribution in [-0.4, -0.2) is 51.8 Å². The van der Waals surface area contributed by atoms with Gasteiger partial charge in [-0.15, -0.1) is 0 Å². The van der Waals surface area contributed by atoms with Crippen molar-refractivity contribution in [2.75, 3.05) is 19.8 Å². The monoisotopic (exact) mass is 354 g/mol.